The first kappa shape index (κ1) is 13.5. The van der Waals surface area contributed by atoms with Crippen LogP contribution >= 0.6 is 0 Å². The third-order valence-corrected chi connectivity index (χ3v) is 3.18. The van der Waals surface area contributed by atoms with Crippen molar-refractivity contribution in [2.75, 3.05) is 13.1 Å². The molecule has 0 saturated carbocycles. The van der Waals surface area contributed by atoms with E-state index in [4.69, 9.17) is 0 Å². The first-order chi connectivity index (χ1) is 9.25. The quantitative estimate of drug-likeness (QED) is 0.601. The summed E-state index contributed by atoms with van der Waals surface area (Å²) in [6.07, 6.45) is 10.4. The number of halogens is 1. The summed E-state index contributed by atoms with van der Waals surface area (Å²) < 4.78 is 12.7. The summed E-state index contributed by atoms with van der Waals surface area (Å²) in [6, 6.07) is 6.24. The first-order valence-corrected chi connectivity index (χ1v) is 6.65. The van der Waals surface area contributed by atoms with Gasteiger partial charge in [0.1, 0.15) is 5.82 Å². The van der Waals surface area contributed by atoms with E-state index in [0.29, 0.717) is 0 Å². The molecule has 1 aromatic rings. The standard InChI is InChI=1S/C16H18FNO/c17-15-10-8-14(9-11-15)6-2-3-7-16(19)18-12-4-1-5-13-18/h2-3,6-11H,1,4-5,12-13H2/b6-2+,7-3+. The van der Waals surface area contributed by atoms with Crippen molar-refractivity contribution < 1.29 is 9.18 Å². The molecule has 0 bridgehead atoms. The van der Waals surface area contributed by atoms with E-state index in [9.17, 15) is 9.18 Å². The van der Waals surface area contributed by atoms with Gasteiger partial charge in [-0.05, 0) is 37.0 Å². The van der Waals surface area contributed by atoms with E-state index in [1.807, 2.05) is 11.0 Å². The van der Waals surface area contributed by atoms with Gasteiger partial charge >= 0.3 is 0 Å². The predicted octanol–water partition coefficient (Wildman–Crippen LogP) is 3.41. The Kier molecular flexibility index (Phi) is 4.90. The summed E-state index contributed by atoms with van der Waals surface area (Å²) in [7, 11) is 0. The molecule has 1 aliphatic rings. The zero-order valence-electron chi connectivity index (χ0n) is 10.9. The van der Waals surface area contributed by atoms with Crippen LogP contribution in [0.25, 0.3) is 6.08 Å². The molecule has 100 valence electrons. The second-order valence-electron chi connectivity index (χ2n) is 4.66. The fourth-order valence-electron chi connectivity index (χ4n) is 2.10. The molecule has 1 aliphatic heterocycles. The van der Waals surface area contributed by atoms with Gasteiger partial charge in [0.15, 0.2) is 0 Å². The van der Waals surface area contributed by atoms with E-state index in [1.54, 1.807) is 30.4 Å². The summed E-state index contributed by atoms with van der Waals surface area (Å²) in [5.41, 5.74) is 0.913. The average Bonchev–Trinajstić information content (AvgIpc) is 2.46. The van der Waals surface area contributed by atoms with E-state index < -0.39 is 0 Å². The Bertz CT molecular complexity index is 470. The van der Waals surface area contributed by atoms with Crippen molar-refractivity contribution in [2.45, 2.75) is 19.3 Å². The summed E-state index contributed by atoms with van der Waals surface area (Å²) >= 11 is 0. The van der Waals surface area contributed by atoms with Gasteiger partial charge in [-0.2, -0.15) is 0 Å². The summed E-state index contributed by atoms with van der Waals surface area (Å²) in [5, 5.41) is 0. The SMILES string of the molecule is O=C(/C=C/C=C/c1ccc(F)cc1)N1CCCCC1. The third-order valence-electron chi connectivity index (χ3n) is 3.18. The Balaban J connectivity index is 1.85. The van der Waals surface area contributed by atoms with Gasteiger partial charge in [0.05, 0.1) is 0 Å². The molecule has 1 fully saturated rings. The Labute approximate surface area is 113 Å². The average molecular weight is 259 g/mol. The molecule has 0 aliphatic carbocycles. The molecular weight excluding hydrogens is 241 g/mol. The fourth-order valence-corrected chi connectivity index (χ4v) is 2.10. The number of hydrogen-bond donors (Lipinski definition) is 0. The van der Waals surface area contributed by atoms with E-state index in [0.717, 1.165) is 31.5 Å². The minimum absolute atomic E-state index is 0.0726. The maximum atomic E-state index is 12.7. The molecule has 1 heterocycles. The van der Waals surface area contributed by atoms with Crippen molar-refractivity contribution in [2.24, 2.45) is 0 Å². The number of rotatable bonds is 3. The van der Waals surface area contributed by atoms with Crippen LogP contribution in [-0.4, -0.2) is 23.9 Å². The van der Waals surface area contributed by atoms with Crippen molar-refractivity contribution in [3.8, 4) is 0 Å². The zero-order chi connectivity index (χ0) is 13.5. The Hall–Kier alpha value is -1.90. The number of likely N-dealkylation sites (tertiary alicyclic amines) is 1. The minimum atomic E-state index is -0.243. The molecule has 1 saturated heterocycles. The maximum absolute atomic E-state index is 12.7. The van der Waals surface area contributed by atoms with Crippen LogP contribution in [0, 0.1) is 5.82 Å². The number of carbonyl (C=O) groups is 1. The van der Waals surface area contributed by atoms with Crippen LogP contribution < -0.4 is 0 Å². The highest BCUT2D eigenvalue weighted by Crippen LogP contribution is 2.09. The number of amides is 1. The van der Waals surface area contributed by atoms with Crippen LogP contribution in [0.3, 0.4) is 0 Å². The Morgan fingerprint density at radius 3 is 2.42 bits per heavy atom. The second kappa shape index (κ2) is 6.88. The van der Waals surface area contributed by atoms with Gasteiger partial charge in [0.2, 0.25) is 5.91 Å². The van der Waals surface area contributed by atoms with E-state index >= 15 is 0 Å². The number of hydrogen-bond acceptors (Lipinski definition) is 1. The molecular formula is C16H18FNO. The van der Waals surface area contributed by atoms with Crippen LogP contribution in [0.15, 0.2) is 42.5 Å². The number of nitrogens with zero attached hydrogens (tertiary/aromatic N) is 1. The molecule has 0 atom stereocenters. The number of benzene rings is 1. The number of carbonyl (C=O) groups excluding carboxylic acids is 1. The lowest BCUT2D eigenvalue weighted by Gasteiger charge is -2.25. The predicted molar refractivity (Wildman–Crippen MR) is 75.0 cm³/mol. The minimum Gasteiger partial charge on any atom is -0.339 e. The van der Waals surface area contributed by atoms with Gasteiger partial charge in [-0.25, -0.2) is 4.39 Å². The molecule has 2 nitrogen and oxygen atoms in total. The third kappa shape index (κ3) is 4.36. The molecule has 0 radical (unpaired) electrons. The van der Waals surface area contributed by atoms with Crippen molar-refractivity contribution >= 4 is 12.0 Å². The van der Waals surface area contributed by atoms with Crippen molar-refractivity contribution in [1.29, 1.82) is 0 Å². The molecule has 19 heavy (non-hydrogen) atoms. The topological polar surface area (TPSA) is 20.3 Å². The summed E-state index contributed by atoms with van der Waals surface area (Å²) in [6.45, 7) is 1.73. The van der Waals surface area contributed by atoms with Crippen LogP contribution in [0.4, 0.5) is 4.39 Å². The second-order valence-corrected chi connectivity index (χ2v) is 4.66. The monoisotopic (exact) mass is 259 g/mol. The van der Waals surface area contributed by atoms with E-state index in [1.165, 1.54) is 18.6 Å². The smallest absolute Gasteiger partial charge is 0.246 e. The lowest BCUT2D eigenvalue weighted by atomic mass is 10.1. The zero-order valence-corrected chi connectivity index (χ0v) is 10.9. The van der Waals surface area contributed by atoms with Gasteiger partial charge in [-0.1, -0.05) is 30.4 Å². The summed E-state index contributed by atoms with van der Waals surface area (Å²) in [4.78, 5) is 13.7. The van der Waals surface area contributed by atoms with E-state index in [-0.39, 0.29) is 11.7 Å². The summed E-state index contributed by atoms with van der Waals surface area (Å²) in [5.74, 6) is -0.170. The lowest BCUT2D eigenvalue weighted by Crippen LogP contribution is -2.34. The normalized spacial score (nSPS) is 16.4. The molecule has 1 aromatic carbocycles. The highest BCUT2D eigenvalue weighted by molar-refractivity contribution is 5.88. The van der Waals surface area contributed by atoms with E-state index in [2.05, 4.69) is 0 Å². The molecule has 3 heteroatoms. The Morgan fingerprint density at radius 2 is 1.74 bits per heavy atom. The largest absolute Gasteiger partial charge is 0.339 e. The number of piperidine rings is 1. The van der Waals surface area contributed by atoms with Gasteiger partial charge in [-0.3, -0.25) is 4.79 Å². The lowest BCUT2D eigenvalue weighted by molar-refractivity contribution is -0.126. The molecule has 2 rings (SSSR count). The maximum Gasteiger partial charge on any atom is 0.246 e. The number of allylic oxidation sites excluding steroid dienone is 2. The van der Waals surface area contributed by atoms with Gasteiger partial charge in [0.25, 0.3) is 0 Å². The molecule has 0 N–H and O–H groups in total. The molecule has 0 aromatic heterocycles. The first-order valence-electron chi connectivity index (χ1n) is 6.65. The van der Waals surface area contributed by atoms with Crippen LogP contribution in [0.2, 0.25) is 0 Å². The highest BCUT2D eigenvalue weighted by atomic mass is 19.1. The van der Waals surface area contributed by atoms with Crippen molar-refractivity contribution in [1.82, 2.24) is 4.90 Å². The van der Waals surface area contributed by atoms with Crippen LogP contribution in [-0.2, 0) is 4.79 Å². The highest BCUT2D eigenvalue weighted by Gasteiger charge is 2.12. The van der Waals surface area contributed by atoms with Gasteiger partial charge < -0.3 is 4.90 Å². The fraction of sp³-hybridized carbons (Fsp3) is 0.312. The Morgan fingerprint density at radius 1 is 1.05 bits per heavy atom. The van der Waals surface area contributed by atoms with Crippen molar-refractivity contribution in [3.63, 3.8) is 0 Å². The van der Waals surface area contributed by atoms with Gasteiger partial charge in [-0.15, -0.1) is 0 Å². The van der Waals surface area contributed by atoms with Crippen LogP contribution in [0.1, 0.15) is 24.8 Å². The molecule has 0 unspecified atom stereocenters. The van der Waals surface area contributed by atoms with Crippen LogP contribution in [0.5, 0.6) is 0 Å². The van der Waals surface area contributed by atoms with Crippen molar-refractivity contribution in [3.05, 3.63) is 53.9 Å². The molecule has 0 spiro atoms. The molecule has 1 amide bonds. The van der Waals surface area contributed by atoms with Gasteiger partial charge in [0, 0.05) is 19.2 Å².